The van der Waals surface area contributed by atoms with Crippen LogP contribution in [0.5, 0.6) is 0 Å². The van der Waals surface area contributed by atoms with E-state index in [1.165, 1.54) is 5.56 Å². The zero-order valence-electron chi connectivity index (χ0n) is 11.9. The highest BCUT2D eigenvalue weighted by Gasteiger charge is 2.16. The van der Waals surface area contributed by atoms with E-state index in [-0.39, 0.29) is 6.04 Å². The predicted octanol–water partition coefficient (Wildman–Crippen LogP) is 4.01. The van der Waals surface area contributed by atoms with Gasteiger partial charge in [-0.3, -0.25) is 0 Å². The second kappa shape index (κ2) is 5.38. The summed E-state index contributed by atoms with van der Waals surface area (Å²) >= 11 is 1.69. The quantitative estimate of drug-likeness (QED) is 0.787. The maximum atomic E-state index is 5.97. The van der Waals surface area contributed by atoms with Gasteiger partial charge in [0.25, 0.3) is 0 Å². The minimum Gasteiger partial charge on any atom is -0.459 e. The van der Waals surface area contributed by atoms with Crippen LogP contribution in [0.4, 0.5) is 0 Å². The Hall–Kier alpha value is -1.65. The number of hydrogen-bond donors (Lipinski definition) is 1. The molecule has 1 aromatic carbocycles. The van der Waals surface area contributed by atoms with Crippen LogP contribution in [0.2, 0.25) is 0 Å². The fraction of sp³-hybridized carbons (Fsp3) is 0.312. The average Bonchev–Trinajstić information content (AvgIpc) is 3.01. The number of nitrogens with zero attached hydrogens (tertiary/aromatic N) is 1. The van der Waals surface area contributed by atoms with E-state index in [0.717, 1.165) is 33.9 Å². The summed E-state index contributed by atoms with van der Waals surface area (Å²) in [5.74, 6) is 0.971. The normalized spacial score (nSPS) is 12.9. The number of fused-ring (bicyclic) bond motifs is 1. The number of aryl methyl sites for hydroxylation is 2. The molecule has 1 atom stereocenters. The molecule has 104 valence electrons. The number of thiazole rings is 1. The van der Waals surface area contributed by atoms with Crippen LogP contribution in [0.3, 0.4) is 0 Å². The van der Waals surface area contributed by atoms with Crippen molar-refractivity contribution in [3.63, 3.8) is 0 Å². The van der Waals surface area contributed by atoms with Gasteiger partial charge >= 0.3 is 0 Å². The smallest absolute Gasteiger partial charge is 0.134 e. The molecule has 1 N–H and O–H groups in total. The van der Waals surface area contributed by atoms with Crippen molar-refractivity contribution < 1.29 is 4.42 Å². The Morgan fingerprint density at radius 1 is 1.30 bits per heavy atom. The van der Waals surface area contributed by atoms with E-state index >= 15 is 0 Å². The van der Waals surface area contributed by atoms with Gasteiger partial charge in [0.15, 0.2) is 0 Å². The Balaban J connectivity index is 1.90. The van der Waals surface area contributed by atoms with E-state index in [1.54, 1.807) is 11.3 Å². The summed E-state index contributed by atoms with van der Waals surface area (Å²) in [5, 5.41) is 7.71. The Morgan fingerprint density at radius 2 is 2.15 bits per heavy atom. The van der Waals surface area contributed by atoms with Crippen LogP contribution in [-0.4, -0.2) is 12.0 Å². The molecule has 4 heteroatoms. The maximum absolute atomic E-state index is 5.97. The van der Waals surface area contributed by atoms with Crippen molar-refractivity contribution in [3.8, 4) is 0 Å². The van der Waals surface area contributed by atoms with Crippen LogP contribution in [0.1, 0.15) is 28.1 Å². The second-order valence-corrected chi connectivity index (χ2v) is 6.16. The third-order valence-electron chi connectivity index (χ3n) is 3.46. The van der Waals surface area contributed by atoms with E-state index in [0.29, 0.717) is 0 Å². The molecule has 0 saturated heterocycles. The first kappa shape index (κ1) is 13.3. The van der Waals surface area contributed by atoms with Crippen LogP contribution in [0.25, 0.3) is 11.0 Å². The van der Waals surface area contributed by atoms with Crippen molar-refractivity contribution in [2.45, 2.75) is 26.3 Å². The van der Waals surface area contributed by atoms with Gasteiger partial charge in [-0.15, -0.1) is 11.3 Å². The molecule has 2 heterocycles. The molecular formula is C16H18N2OS. The van der Waals surface area contributed by atoms with Crippen LogP contribution in [-0.2, 0) is 6.42 Å². The molecule has 0 spiro atoms. The predicted molar refractivity (Wildman–Crippen MR) is 83.3 cm³/mol. The molecule has 2 aromatic heterocycles. The molecule has 0 radical (unpaired) electrons. The summed E-state index contributed by atoms with van der Waals surface area (Å²) < 4.78 is 5.97. The number of aromatic nitrogens is 1. The first-order chi connectivity index (χ1) is 9.65. The topological polar surface area (TPSA) is 38.1 Å². The SMILES string of the molecule is CNC(Cc1csc(C)n1)c1cc2cc(C)ccc2o1. The maximum Gasteiger partial charge on any atom is 0.134 e. The van der Waals surface area contributed by atoms with Crippen molar-refractivity contribution in [3.05, 3.63) is 51.7 Å². The van der Waals surface area contributed by atoms with E-state index < -0.39 is 0 Å². The number of rotatable bonds is 4. The second-order valence-electron chi connectivity index (χ2n) is 5.09. The lowest BCUT2D eigenvalue weighted by Crippen LogP contribution is -2.18. The highest BCUT2D eigenvalue weighted by Crippen LogP contribution is 2.27. The van der Waals surface area contributed by atoms with E-state index in [2.05, 4.69) is 40.8 Å². The van der Waals surface area contributed by atoms with Gasteiger partial charge in [0.1, 0.15) is 11.3 Å². The molecule has 3 aromatic rings. The van der Waals surface area contributed by atoms with Crippen LogP contribution in [0, 0.1) is 13.8 Å². The first-order valence-electron chi connectivity index (χ1n) is 6.74. The van der Waals surface area contributed by atoms with Crippen LogP contribution < -0.4 is 5.32 Å². The van der Waals surface area contributed by atoms with Gasteiger partial charge in [0, 0.05) is 17.2 Å². The third-order valence-corrected chi connectivity index (χ3v) is 4.28. The zero-order chi connectivity index (χ0) is 14.1. The number of hydrogen-bond acceptors (Lipinski definition) is 4. The lowest BCUT2D eigenvalue weighted by molar-refractivity contribution is 0.448. The molecule has 0 amide bonds. The molecule has 3 nitrogen and oxygen atoms in total. The van der Waals surface area contributed by atoms with Crippen molar-refractivity contribution in [2.75, 3.05) is 7.05 Å². The summed E-state index contributed by atoms with van der Waals surface area (Å²) in [4.78, 5) is 4.53. The Bertz CT molecular complexity index is 729. The largest absolute Gasteiger partial charge is 0.459 e. The molecular weight excluding hydrogens is 268 g/mol. The molecule has 0 saturated carbocycles. The molecule has 0 aliphatic carbocycles. The standard InChI is InChI=1S/C16H18N2OS/c1-10-4-5-15-12(6-10)7-16(19-15)14(17-3)8-13-9-20-11(2)18-13/h4-7,9,14,17H,8H2,1-3H3. The van der Waals surface area contributed by atoms with E-state index in [9.17, 15) is 0 Å². The Morgan fingerprint density at radius 3 is 2.85 bits per heavy atom. The third kappa shape index (κ3) is 2.62. The van der Waals surface area contributed by atoms with Gasteiger partial charge in [-0.1, -0.05) is 11.6 Å². The Kier molecular flexibility index (Phi) is 3.59. The first-order valence-corrected chi connectivity index (χ1v) is 7.62. The van der Waals surface area contributed by atoms with Crippen LogP contribution >= 0.6 is 11.3 Å². The number of likely N-dealkylation sites (N-methyl/N-ethyl adjacent to an activating group) is 1. The highest BCUT2D eigenvalue weighted by atomic mass is 32.1. The molecule has 3 rings (SSSR count). The summed E-state index contributed by atoms with van der Waals surface area (Å²) in [6.45, 7) is 4.13. The minimum absolute atomic E-state index is 0.157. The molecule has 0 aliphatic rings. The fourth-order valence-electron chi connectivity index (χ4n) is 2.41. The zero-order valence-corrected chi connectivity index (χ0v) is 12.8. The number of benzene rings is 1. The summed E-state index contributed by atoms with van der Waals surface area (Å²) in [7, 11) is 1.96. The molecule has 20 heavy (non-hydrogen) atoms. The van der Waals surface area contributed by atoms with Crippen molar-refractivity contribution in [2.24, 2.45) is 0 Å². The molecule has 0 fully saturated rings. The van der Waals surface area contributed by atoms with Gasteiger partial charge in [0.05, 0.1) is 16.7 Å². The monoisotopic (exact) mass is 286 g/mol. The van der Waals surface area contributed by atoms with Gasteiger partial charge in [-0.25, -0.2) is 4.98 Å². The van der Waals surface area contributed by atoms with E-state index in [4.69, 9.17) is 4.42 Å². The molecule has 0 aliphatic heterocycles. The lowest BCUT2D eigenvalue weighted by atomic mass is 10.1. The lowest BCUT2D eigenvalue weighted by Gasteiger charge is -2.11. The van der Waals surface area contributed by atoms with Crippen LogP contribution in [0.15, 0.2) is 34.1 Å². The van der Waals surface area contributed by atoms with Gasteiger partial charge in [-0.05, 0) is 39.1 Å². The van der Waals surface area contributed by atoms with Gasteiger partial charge in [0.2, 0.25) is 0 Å². The van der Waals surface area contributed by atoms with Gasteiger partial charge in [-0.2, -0.15) is 0 Å². The molecule has 1 unspecified atom stereocenters. The summed E-state index contributed by atoms with van der Waals surface area (Å²) in [6, 6.07) is 8.55. The number of nitrogens with one attached hydrogen (secondary N) is 1. The summed E-state index contributed by atoms with van der Waals surface area (Å²) in [5.41, 5.74) is 3.31. The van der Waals surface area contributed by atoms with E-state index in [1.807, 2.05) is 20.0 Å². The Labute approximate surface area is 122 Å². The minimum atomic E-state index is 0.157. The fourth-order valence-corrected chi connectivity index (χ4v) is 3.04. The number of furan rings is 1. The van der Waals surface area contributed by atoms with Gasteiger partial charge < -0.3 is 9.73 Å². The van der Waals surface area contributed by atoms with Crippen molar-refractivity contribution >= 4 is 22.3 Å². The average molecular weight is 286 g/mol. The molecule has 0 bridgehead atoms. The summed E-state index contributed by atoms with van der Waals surface area (Å²) in [6.07, 6.45) is 0.847. The van der Waals surface area contributed by atoms with Crippen molar-refractivity contribution in [1.82, 2.24) is 10.3 Å². The van der Waals surface area contributed by atoms with Crippen molar-refractivity contribution in [1.29, 1.82) is 0 Å². The highest BCUT2D eigenvalue weighted by molar-refractivity contribution is 7.09.